The Balaban J connectivity index is 1.56. The summed E-state index contributed by atoms with van der Waals surface area (Å²) in [5.41, 5.74) is 1.61. The summed E-state index contributed by atoms with van der Waals surface area (Å²) in [4.78, 5) is 15.3. The molecule has 0 saturated carbocycles. The van der Waals surface area contributed by atoms with E-state index in [9.17, 15) is 13.6 Å². The second kappa shape index (κ2) is 7.83. The molecule has 0 aliphatic carbocycles. The lowest BCUT2D eigenvalue weighted by Crippen LogP contribution is -2.30. The molecule has 26 heavy (non-hydrogen) atoms. The molecule has 0 radical (unpaired) electrons. The Labute approximate surface area is 149 Å². The van der Waals surface area contributed by atoms with E-state index < -0.39 is 11.6 Å². The lowest BCUT2D eigenvalue weighted by Gasteiger charge is -2.14. The average molecular weight is 357 g/mol. The molecule has 1 N–H and O–H groups in total. The molecule has 0 atom stereocenters. The number of carbonyl (C=O) groups is 1. The van der Waals surface area contributed by atoms with Crippen molar-refractivity contribution in [2.24, 2.45) is 0 Å². The van der Waals surface area contributed by atoms with Gasteiger partial charge in [-0.15, -0.1) is 0 Å². The monoisotopic (exact) mass is 357 g/mol. The van der Waals surface area contributed by atoms with Crippen LogP contribution in [0.5, 0.6) is 0 Å². The van der Waals surface area contributed by atoms with Crippen molar-refractivity contribution in [2.75, 3.05) is 18.9 Å². The van der Waals surface area contributed by atoms with Gasteiger partial charge in [-0.3, -0.25) is 9.69 Å². The standard InChI is InChI=1S/C18H17F2N5O/c1-24(12-18(26)22-15-8-13(19)7-14(20)9-15)11-16-10-21-25(23-16)17-5-3-2-4-6-17/h2-10H,11-12H2,1H3,(H,22,26). The number of anilines is 1. The van der Waals surface area contributed by atoms with Crippen molar-refractivity contribution in [3.8, 4) is 5.69 Å². The van der Waals surface area contributed by atoms with Crippen LogP contribution in [0, 0.1) is 11.6 Å². The average Bonchev–Trinajstić information content (AvgIpc) is 3.02. The fraction of sp³-hybridized carbons (Fsp3) is 0.167. The fourth-order valence-electron chi connectivity index (χ4n) is 2.46. The predicted octanol–water partition coefficient (Wildman–Crippen LogP) is 2.62. The van der Waals surface area contributed by atoms with E-state index in [4.69, 9.17) is 0 Å². The molecule has 1 aromatic heterocycles. The SMILES string of the molecule is CN(CC(=O)Nc1cc(F)cc(F)c1)Cc1cnn(-c2ccccc2)n1. The largest absolute Gasteiger partial charge is 0.325 e. The first kappa shape index (κ1) is 17.7. The molecular formula is C18H17F2N5O. The summed E-state index contributed by atoms with van der Waals surface area (Å²) in [6.07, 6.45) is 1.63. The maximum Gasteiger partial charge on any atom is 0.238 e. The van der Waals surface area contributed by atoms with Gasteiger partial charge in [0.25, 0.3) is 0 Å². The third kappa shape index (κ3) is 4.70. The lowest BCUT2D eigenvalue weighted by atomic mass is 10.3. The Hall–Kier alpha value is -3.13. The number of para-hydroxylation sites is 1. The van der Waals surface area contributed by atoms with Crippen molar-refractivity contribution in [3.05, 3.63) is 72.1 Å². The third-order valence-electron chi connectivity index (χ3n) is 3.52. The zero-order valence-electron chi connectivity index (χ0n) is 14.1. The molecule has 1 heterocycles. The molecular weight excluding hydrogens is 340 g/mol. The molecule has 3 aromatic rings. The van der Waals surface area contributed by atoms with Gasteiger partial charge in [0, 0.05) is 18.3 Å². The summed E-state index contributed by atoms with van der Waals surface area (Å²) in [5, 5.41) is 11.0. The van der Waals surface area contributed by atoms with Crippen LogP contribution in [0.15, 0.2) is 54.7 Å². The Morgan fingerprint density at radius 2 is 1.85 bits per heavy atom. The molecule has 0 saturated heterocycles. The molecule has 3 rings (SSSR count). The summed E-state index contributed by atoms with van der Waals surface area (Å²) < 4.78 is 26.3. The molecule has 0 aliphatic rings. The number of benzene rings is 2. The summed E-state index contributed by atoms with van der Waals surface area (Å²) in [7, 11) is 1.74. The van der Waals surface area contributed by atoms with Crippen LogP contribution in [0.25, 0.3) is 5.69 Å². The molecule has 0 fully saturated rings. The van der Waals surface area contributed by atoms with Gasteiger partial charge in [0.1, 0.15) is 11.6 Å². The highest BCUT2D eigenvalue weighted by molar-refractivity contribution is 5.92. The van der Waals surface area contributed by atoms with Gasteiger partial charge in [-0.1, -0.05) is 18.2 Å². The van der Waals surface area contributed by atoms with E-state index in [0.29, 0.717) is 12.2 Å². The van der Waals surface area contributed by atoms with Gasteiger partial charge in [0.15, 0.2) is 0 Å². The Morgan fingerprint density at radius 3 is 2.54 bits per heavy atom. The van der Waals surface area contributed by atoms with Crippen LogP contribution in [0.1, 0.15) is 5.69 Å². The van der Waals surface area contributed by atoms with Crippen LogP contribution >= 0.6 is 0 Å². The van der Waals surface area contributed by atoms with Crippen LogP contribution in [0.2, 0.25) is 0 Å². The van der Waals surface area contributed by atoms with Crippen LogP contribution in [0.3, 0.4) is 0 Å². The molecule has 0 unspecified atom stereocenters. The summed E-state index contributed by atoms with van der Waals surface area (Å²) >= 11 is 0. The van der Waals surface area contributed by atoms with Crippen molar-refractivity contribution < 1.29 is 13.6 Å². The van der Waals surface area contributed by atoms with Crippen molar-refractivity contribution in [1.29, 1.82) is 0 Å². The van der Waals surface area contributed by atoms with Crippen molar-refractivity contribution >= 4 is 11.6 Å². The maximum absolute atomic E-state index is 13.2. The molecule has 0 bridgehead atoms. The normalized spacial score (nSPS) is 10.9. The minimum absolute atomic E-state index is 0.0380. The predicted molar refractivity (Wildman–Crippen MR) is 92.7 cm³/mol. The zero-order chi connectivity index (χ0) is 18.5. The number of hydrogen-bond donors (Lipinski definition) is 1. The maximum atomic E-state index is 13.2. The molecule has 6 nitrogen and oxygen atoms in total. The topological polar surface area (TPSA) is 63.1 Å². The number of likely N-dealkylation sites (N-methyl/N-ethyl adjacent to an activating group) is 1. The molecule has 134 valence electrons. The Bertz CT molecular complexity index is 877. The van der Waals surface area contributed by atoms with Gasteiger partial charge in [-0.25, -0.2) is 8.78 Å². The number of aromatic nitrogens is 3. The Morgan fingerprint density at radius 1 is 1.15 bits per heavy atom. The third-order valence-corrected chi connectivity index (χ3v) is 3.52. The summed E-state index contributed by atoms with van der Waals surface area (Å²) in [5.74, 6) is -1.87. The van der Waals surface area contributed by atoms with Gasteiger partial charge in [0.05, 0.1) is 24.1 Å². The van der Waals surface area contributed by atoms with E-state index in [0.717, 1.165) is 23.9 Å². The lowest BCUT2D eigenvalue weighted by molar-refractivity contribution is -0.117. The van der Waals surface area contributed by atoms with Gasteiger partial charge in [0.2, 0.25) is 5.91 Å². The first-order valence-corrected chi connectivity index (χ1v) is 7.91. The van der Waals surface area contributed by atoms with Gasteiger partial charge >= 0.3 is 0 Å². The number of hydrogen-bond acceptors (Lipinski definition) is 4. The van der Waals surface area contributed by atoms with E-state index in [1.807, 2.05) is 30.3 Å². The molecule has 0 aliphatic heterocycles. The molecule has 2 aromatic carbocycles. The van der Waals surface area contributed by atoms with Crippen LogP contribution in [-0.4, -0.2) is 39.4 Å². The molecule has 8 heteroatoms. The van der Waals surface area contributed by atoms with Crippen molar-refractivity contribution in [2.45, 2.75) is 6.54 Å². The Kier molecular flexibility index (Phi) is 5.33. The van der Waals surface area contributed by atoms with E-state index in [1.165, 1.54) is 4.80 Å². The van der Waals surface area contributed by atoms with Crippen molar-refractivity contribution in [3.63, 3.8) is 0 Å². The first-order valence-electron chi connectivity index (χ1n) is 7.91. The summed E-state index contributed by atoms with van der Waals surface area (Å²) in [6.45, 7) is 0.439. The van der Waals surface area contributed by atoms with Crippen LogP contribution in [-0.2, 0) is 11.3 Å². The van der Waals surface area contributed by atoms with E-state index in [1.54, 1.807) is 18.1 Å². The molecule has 0 spiro atoms. The first-order chi connectivity index (χ1) is 12.5. The number of rotatable bonds is 6. The quantitative estimate of drug-likeness (QED) is 0.737. The second-order valence-corrected chi connectivity index (χ2v) is 5.84. The second-order valence-electron chi connectivity index (χ2n) is 5.84. The highest BCUT2D eigenvalue weighted by atomic mass is 19.1. The van der Waals surface area contributed by atoms with Gasteiger partial charge in [-0.05, 0) is 31.3 Å². The highest BCUT2D eigenvalue weighted by Crippen LogP contribution is 2.13. The number of carbonyl (C=O) groups excluding carboxylic acids is 1. The molecule has 1 amide bonds. The number of nitrogens with zero attached hydrogens (tertiary/aromatic N) is 4. The zero-order valence-corrected chi connectivity index (χ0v) is 14.1. The number of halogens is 2. The van der Waals surface area contributed by atoms with Crippen LogP contribution < -0.4 is 5.32 Å². The van der Waals surface area contributed by atoms with Crippen molar-refractivity contribution in [1.82, 2.24) is 19.9 Å². The smallest absolute Gasteiger partial charge is 0.238 e. The van der Waals surface area contributed by atoms with E-state index in [-0.39, 0.29) is 18.1 Å². The van der Waals surface area contributed by atoms with Crippen LogP contribution in [0.4, 0.5) is 14.5 Å². The number of amides is 1. The van der Waals surface area contributed by atoms with Gasteiger partial charge in [-0.2, -0.15) is 15.0 Å². The highest BCUT2D eigenvalue weighted by Gasteiger charge is 2.11. The van der Waals surface area contributed by atoms with E-state index in [2.05, 4.69) is 15.5 Å². The van der Waals surface area contributed by atoms with Gasteiger partial charge < -0.3 is 5.32 Å². The fourth-order valence-corrected chi connectivity index (χ4v) is 2.46. The minimum Gasteiger partial charge on any atom is -0.325 e. The minimum atomic E-state index is -0.744. The van der Waals surface area contributed by atoms with E-state index >= 15 is 0 Å². The number of nitrogens with one attached hydrogen (secondary N) is 1. The summed E-state index contributed by atoms with van der Waals surface area (Å²) in [6, 6.07) is 12.3.